The van der Waals surface area contributed by atoms with Gasteiger partial charge in [-0.1, -0.05) is 11.3 Å². The van der Waals surface area contributed by atoms with E-state index in [4.69, 9.17) is 19.9 Å². The zero-order chi connectivity index (χ0) is 17.5. The van der Waals surface area contributed by atoms with Crippen LogP contribution in [-0.2, 0) is 11.2 Å². The molecule has 128 valence electrons. The van der Waals surface area contributed by atoms with E-state index in [2.05, 4.69) is 20.7 Å². The second-order valence-corrected chi connectivity index (χ2v) is 5.52. The third kappa shape index (κ3) is 4.10. The Balaban J connectivity index is 2.07. The van der Waals surface area contributed by atoms with Crippen LogP contribution in [0.1, 0.15) is 10.6 Å². The molecule has 0 aliphatic rings. The molecule has 0 saturated heterocycles. The molecule has 2 rings (SSSR count). The lowest BCUT2D eigenvalue weighted by Crippen LogP contribution is -2.19. The molecule has 10 heteroatoms. The Morgan fingerprint density at radius 1 is 1.25 bits per heavy atom. The summed E-state index contributed by atoms with van der Waals surface area (Å²) in [5, 5.41) is 12.2. The van der Waals surface area contributed by atoms with Crippen molar-refractivity contribution in [1.29, 1.82) is 0 Å². The zero-order valence-corrected chi connectivity index (χ0v) is 14.2. The van der Waals surface area contributed by atoms with Crippen molar-refractivity contribution in [2.24, 2.45) is 5.10 Å². The smallest absolute Gasteiger partial charge is 0.247 e. The van der Waals surface area contributed by atoms with Crippen LogP contribution < -0.4 is 25.4 Å². The van der Waals surface area contributed by atoms with Crippen LogP contribution in [0, 0.1) is 0 Å². The number of hydrogen-bond donors (Lipinski definition) is 2. The maximum absolute atomic E-state index is 11.8. The van der Waals surface area contributed by atoms with Gasteiger partial charge in [-0.25, -0.2) is 5.43 Å². The molecule has 0 spiro atoms. The van der Waals surface area contributed by atoms with Gasteiger partial charge in [0.1, 0.15) is 5.01 Å². The Morgan fingerprint density at radius 2 is 2.00 bits per heavy atom. The number of anilines is 1. The number of rotatable bonds is 7. The lowest BCUT2D eigenvalue weighted by molar-refractivity contribution is -0.120. The van der Waals surface area contributed by atoms with Crippen LogP contribution in [0.15, 0.2) is 17.2 Å². The van der Waals surface area contributed by atoms with Gasteiger partial charge in [-0.15, -0.1) is 10.2 Å². The monoisotopic (exact) mass is 351 g/mol. The number of nitrogen functional groups attached to an aromatic ring is 1. The molecule has 3 N–H and O–H groups in total. The molecule has 0 atom stereocenters. The van der Waals surface area contributed by atoms with Crippen molar-refractivity contribution in [3.05, 3.63) is 22.7 Å². The molecule has 1 aromatic carbocycles. The summed E-state index contributed by atoms with van der Waals surface area (Å²) in [5.41, 5.74) is 8.49. The predicted molar refractivity (Wildman–Crippen MR) is 89.9 cm³/mol. The van der Waals surface area contributed by atoms with E-state index in [0.717, 1.165) is 11.3 Å². The number of benzene rings is 1. The number of hydrazone groups is 1. The molecule has 1 heterocycles. The first-order valence-electron chi connectivity index (χ1n) is 6.77. The van der Waals surface area contributed by atoms with Gasteiger partial charge in [0, 0.05) is 5.56 Å². The molecule has 0 unspecified atom stereocenters. The van der Waals surface area contributed by atoms with E-state index < -0.39 is 0 Å². The summed E-state index contributed by atoms with van der Waals surface area (Å²) in [4.78, 5) is 11.8. The quantitative estimate of drug-likeness (QED) is 0.560. The minimum Gasteiger partial charge on any atom is -0.493 e. The lowest BCUT2D eigenvalue weighted by Gasteiger charge is -2.13. The number of ether oxygens (including phenoxy) is 3. The fourth-order valence-electron chi connectivity index (χ4n) is 1.91. The number of amides is 1. The fourth-order valence-corrected chi connectivity index (χ4v) is 2.52. The van der Waals surface area contributed by atoms with Crippen LogP contribution in [0.25, 0.3) is 0 Å². The van der Waals surface area contributed by atoms with Crippen molar-refractivity contribution < 1.29 is 19.0 Å². The van der Waals surface area contributed by atoms with Gasteiger partial charge in [-0.05, 0) is 12.1 Å². The molecule has 9 nitrogen and oxygen atoms in total. The predicted octanol–water partition coefficient (Wildman–Crippen LogP) is 0.839. The second-order valence-electron chi connectivity index (χ2n) is 4.43. The van der Waals surface area contributed by atoms with Crippen molar-refractivity contribution in [2.75, 3.05) is 27.1 Å². The minimum absolute atomic E-state index is 0.0509. The van der Waals surface area contributed by atoms with Gasteiger partial charge in [-0.2, -0.15) is 5.10 Å². The molecule has 1 aromatic heterocycles. The summed E-state index contributed by atoms with van der Waals surface area (Å²) in [7, 11) is 4.55. The van der Waals surface area contributed by atoms with E-state index in [0.29, 0.717) is 33.0 Å². The van der Waals surface area contributed by atoms with Crippen LogP contribution in [0.2, 0.25) is 0 Å². The highest BCUT2D eigenvalue weighted by molar-refractivity contribution is 7.15. The molecule has 1 amide bonds. The summed E-state index contributed by atoms with van der Waals surface area (Å²) >= 11 is 1.15. The molecule has 0 bridgehead atoms. The highest BCUT2D eigenvalue weighted by atomic mass is 32.1. The number of nitrogens with two attached hydrogens (primary N) is 1. The third-order valence-electron chi connectivity index (χ3n) is 2.92. The fraction of sp³-hybridized carbons (Fsp3) is 0.286. The highest BCUT2D eigenvalue weighted by Crippen LogP contribution is 2.38. The summed E-state index contributed by atoms with van der Waals surface area (Å²) in [6.07, 6.45) is 1.50. The van der Waals surface area contributed by atoms with Gasteiger partial charge < -0.3 is 19.9 Å². The summed E-state index contributed by atoms with van der Waals surface area (Å²) < 4.78 is 15.8. The van der Waals surface area contributed by atoms with Gasteiger partial charge in [-0.3, -0.25) is 4.79 Å². The van der Waals surface area contributed by atoms with Crippen molar-refractivity contribution in [3.63, 3.8) is 0 Å². The summed E-state index contributed by atoms with van der Waals surface area (Å²) in [6.45, 7) is 0. The number of carbonyl (C=O) groups is 1. The Labute approximate surface area is 142 Å². The maximum atomic E-state index is 11.8. The van der Waals surface area contributed by atoms with Crippen LogP contribution >= 0.6 is 11.3 Å². The highest BCUT2D eigenvalue weighted by Gasteiger charge is 2.14. The van der Waals surface area contributed by atoms with E-state index in [9.17, 15) is 4.79 Å². The molecule has 0 radical (unpaired) electrons. The molecule has 0 fully saturated rings. The van der Waals surface area contributed by atoms with Crippen molar-refractivity contribution in [2.45, 2.75) is 6.42 Å². The average Bonchev–Trinajstić information content (AvgIpc) is 2.98. The van der Waals surface area contributed by atoms with E-state index >= 15 is 0 Å². The lowest BCUT2D eigenvalue weighted by atomic mass is 10.2. The molecule has 0 saturated carbocycles. The van der Waals surface area contributed by atoms with Crippen molar-refractivity contribution >= 4 is 28.6 Å². The first-order chi connectivity index (χ1) is 11.6. The average molecular weight is 351 g/mol. The Morgan fingerprint density at radius 3 is 2.58 bits per heavy atom. The SMILES string of the molecule is COc1ccc(C=NNC(=O)Cc2nnc(N)s2)c(OC)c1OC. The Hall–Kier alpha value is -2.88. The van der Waals surface area contributed by atoms with E-state index in [1.807, 2.05) is 0 Å². The van der Waals surface area contributed by atoms with E-state index in [1.165, 1.54) is 27.5 Å². The molecule has 24 heavy (non-hydrogen) atoms. The molecule has 2 aromatic rings. The normalized spacial score (nSPS) is 10.6. The number of nitrogens with zero attached hydrogens (tertiary/aromatic N) is 3. The van der Waals surface area contributed by atoms with Crippen LogP contribution in [0.4, 0.5) is 5.13 Å². The molecule has 0 aliphatic carbocycles. The van der Waals surface area contributed by atoms with Gasteiger partial charge in [0.05, 0.1) is 34.0 Å². The van der Waals surface area contributed by atoms with Gasteiger partial charge in [0.25, 0.3) is 0 Å². The number of carbonyl (C=O) groups excluding carboxylic acids is 1. The van der Waals surface area contributed by atoms with Crippen molar-refractivity contribution in [1.82, 2.24) is 15.6 Å². The number of hydrogen-bond acceptors (Lipinski definition) is 9. The van der Waals surface area contributed by atoms with E-state index in [-0.39, 0.29) is 12.3 Å². The van der Waals surface area contributed by atoms with Crippen LogP contribution in [0.5, 0.6) is 17.2 Å². The molecular formula is C14H17N5O4S. The Kier molecular flexibility index (Phi) is 5.90. The van der Waals surface area contributed by atoms with Crippen LogP contribution in [-0.4, -0.2) is 43.6 Å². The summed E-state index contributed by atoms with van der Waals surface area (Å²) in [6, 6.07) is 3.45. The van der Waals surface area contributed by atoms with Gasteiger partial charge in [0.15, 0.2) is 11.5 Å². The minimum atomic E-state index is -0.332. The largest absolute Gasteiger partial charge is 0.493 e. The van der Waals surface area contributed by atoms with Crippen molar-refractivity contribution in [3.8, 4) is 17.2 Å². The maximum Gasteiger partial charge on any atom is 0.247 e. The van der Waals surface area contributed by atoms with E-state index in [1.54, 1.807) is 12.1 Å². The third-order valence-corrected chi connectivity index (χ3v) is 3.67. The Bertz CT molecular complexity index is 747. The van der Waals surface area contributed by atoms with Gasteiger partial charge in [0.2, 0.25) is 16.8 Å². The first-order valence-corrected chi connectivity index (χ1v) is 7.59. The van der Waals surface area contributed by atoms with Gasteiger partial charge >= 0.3 is 0 Å². The topological polar surface area (TPSA) is 121 Å². The summed E-state index contributed by atoms with van der Waals surface area (Å²) in [5.74, 6) is 1.09. The standard InChI is InChI=1S/C14H17N5O4S/c1-21-9-5-4-8(12(22-2)13(9)23-3)7-16-17-10(20)6-11-18-19-14(15)24-11/h4-5,7H,6H2,1-3H3,(H2,15,19)(H,17,20). The van der Waals surface area contributed by atoms with Crippen LogP contribution in [0.3, 0.4) is 0 Å². The molecule has 0 aliphatic heterocycles. The number of aromatic nitrogens is 2. The first kappa shape index (κ1) is 17.5. The number of methoxy groups -OCH3 is 3. The molecular weight excluding hydrogens is 334 g/mol. The zero-order valence-electron chi connectivity index (χ0n) is 13.4. The number of nitrogens with one attached hydrogen (secondary N) is 1. The second kappa shape index (κ2) is 8.11.